The maximum Gasteiger partial charge on any atom is 0.156 e. The van der Waals surface area contributed by atoms with E-state index in [-0.39, 0.29) is 11.2 Å². The fourth-order valence-corrected chi connectivity index (χ4v) is 4.11. The van der Waals surface area contributed by atoms with Gasteiger partial charge in [-0.15, -0.1) is 11.6 Å². The van der Waals surface area contributed by atoms with Crippen LogP contribution in [0.5, 0.6) is 5.75 Å². The van der Waals surface area contributed by atoms with E-state index in [9.17, 15) is 4.79 Å². The van der Waals surface area contributed by atoms with Crippen molar-refractivity contribution in [2.45, 2.75) is 38.5 Å². The Morgan fingerprint density at radius 2 is 1.73 bits per heavy atom. The van der Waals surface area contributed by atoms with Crippen molar-refractivity contribution in [2.24, 2.45) is 0 Å². The number of nitrogens with one attached hydrogen (secondary N) is 1. The second-order valence-corrected chi connectivity index (χ2v) is 9.44. The highest BCUT2D eigenvalue weighted by Gasteiger charge is 2.25. The number of carbonyl (C=O) groups excluding carboxylic acids is 1. The van der Waals surface area contributed by atoms with E-state index in [1.54, 1.807) is 0 Å². The van der Waals surface area contributed by atoms with E-state index in [0.29, 0.717) is 47.7 Å². The van der Waals surface area contributed by atoms with Crippen LogP contribution in [0.25, 0.3) is 0 Å². The maximum atomic E-state index is 12.1. The predicted octanol–water partition coefficient (Wildman–Crippen LogP) is 6.70. The van der Waals surface area contributed by atoms with Crippen molar-refractivity contribution < 1.29 is 9.53 Å². The molecule has 0 saturated carbocycles. The molecule has 0 aromatic heterocycles. The molecule has 0 aliphatic rings. The maximum absolute atomic E-state index is 12.1. The van der Waals surface area contributed by atoms with Crippen molar-refractivity contribution in [3.8, 4) is 5.75 Å². The van der Waals surface area contributed by atoms with Crippen LogP contribution in [0.2, 0.25) is 10.0 Å². The average molecular weight is 489 g/mol. The monoisotopic (exact) mass is 487 g/mol. The first-order valence-electron chi connectivity index (χ1n) is 9.84. The summed E-state index contributed by atoms with van der Waals surface area (Å²) in [6.45, 7) is 5.41. The summed E-state index contributed by atoms with van der Waals surface area (Å²) in [6, 6.07) is 12.0. The summed E-state index contributed by atoms with van der Waals surface area (Å²) in [5.41, 5.74) is 2.81. The Kier molecular flexibility index (Phi) is 10.3. The first-order chi connectivity index (χ1) is 14.3. The van der Waals surface area contributed by atoms with E-state index in [1.165, 1.54) is 11.9 Å². The molecule has 7 heteroatoms. The van der Waals surface area contributed by atoms with Gasteiger partial charge >= 0.3 is 0 Å². The summed E-state index contributed by atoms with van der Waals surface area (Å²) < 4.78 is 8.78. The van der Waals surface area contributed by atoms with Crippen LogP contribution in [0.1, 0.15) is 43.4 Å². The largest absolute Gasteiger partial charge is 0.490 e. The van der Waals surface area contributed by atoms with Crippen LogP contribution in [0, 0.1) is 0 Å². The first-order valence-corrected chi connectivity index (χ1v) is 12.4. The van der Waals surface area contributed by atoms with Gasteiger partial charge in [0.05, 0.1) is 16.7 Å². The molecule has 0 atom stereocenters. The molecule has 2 aromatic rings. The summed E-state index contributed by atoms with van der Waals surface area (Å²) in [7, 11) is 0. The van der Waals surface area contributed by atoms with Gasteiger partial charge in [-0.05, 0) is 41.5 Å². The van der Waals surface area contributed by atoms with Gasteiger partial charge in [-0.1, -0.05) is 73.3 Å². The number of halogens is 3. The predicted molar refractivity (Wildman–Crippen MR) is 131 cm³/mol. The molecule has 0 fully saturated rings. The molecule has 2 rings (SSSR count). The van der Waals surface area contributed by atoms with Gasteiger partial charge in [-0.25, -0.2) is 0 Å². The summed E-state index contributed by atoms with van der Waals surface area (Å²) in [5, 5.41) is 0.974. The topological polar surface area (TPSA) is 38.3 Å². The van der Waals surface area contributed by atoms with Crippen LogP contribution in [-0.2, 0) is 16.6 Å². The molecule has 0 amide bonds. The van der Waals surface area contributed by atoms with E-state index in [1.807, 2.05) is 30.5 Å². The van der Waals surface area contributed by atoms with Crippen LogP contribution >= 0.6 is 46.8 Å². The Bertz CT molecular complexity index is 818. The minimum Gasteiger partial charge on any atom is -0.490 e. The molecule has 164 valence electrons. The number of Topliss-reactive ketones (excluding diaryl/α,β-unsaturated/α-hetero) is 1. The standard InChI is InChI=1S/C23H28Cl3NO2S/c1-23(2,18-14-20(25)22(21(26)15-18)29-12-4-10-24)17-7-5-16(6-8-17)13-19(28)9-11-27-30-3/h5-8,14-15,27H,4,9-13H2,1-3H3. The zero-order chi connectivity index (χ0) is 22.1. The van der Waals surface area contributed by atoms with Gasteiger partial charge in [-0.2, -0.15) is 0 Å². The van der Waals surface area contributed by atoms with E-state index in [0.717, 1.165) is 23.1 Å². The quantitative estimate of drug-likeness (QED) is 0.205. The lowest BCUT2D eigenvalue weighted by atomic mass is 9.78. The van der Waals surface area contributed by atoms with E-state index in [2.05, 4.69) is 30.7 Å². The third-order valence-corrected chi connectivity index (χ3v) is 6.29. The Balaban J connectivity index is 2.13. The van der Waals surface area contributed by atoms with Crippen molar-refractivity contribution in [3.63, 3.8) is 0 Å². The molecule has 0 saturated heterocycles. The van der Waals surface area contributed by atoms with E-state index < -0.39 is 0 Å². The zero-order valence-corrected chi connectivity index (χ0v) is 20.6. The lowest BCUT2D eigenvalue weighted by Gasteiger charge is -2.27. The summed E-state index contributed by atoms with van der Waals surface area (Å²) in [6.07, 6.45) is 3.66. The van der Waals surface area contributed by atoms with Gasteiger partial charge in [0.2, 0.25) is 0 Å². The second kappa shape index (κ2) is 12.2. The van der Waals surface area contributed by atoms with Gasteiger partial charge in [0.15, 0.2) is 5.75 Å². The van der Waals surface area contributed by atoms with Gasteiger partial charge in [0.25, 0.3) is 0 Å². The van der Waals surface area contributed by atoms with Crippen LogP contribution in [0.15, 0.2) is 36.4 Å². The molecule has 0 aliphatic heterocycles. The molecule has 0 radical (unpaired) electrons. The van der Waals surface area contributed by atoms with Crippen molar-refractivity contribution >= 4 is 52.5 Å². The normalized spacial score (nSPS) is 11.5. The molecule has 3 nitrogen and oxygen atoms in total. The number of rotatable bonds is 12. The number of ketones is 1. The highest BCUT2D eigenvalue weighted by molar-refractivity contribution is 7.96. The Labute approximate surface area is 198 Å². The highest BCUT2D eigenvalue weighted by atomic mass is 35.5. The summed E-state index contributed by atoms with van der Waals surface area (Å²) >= 11 is 20.1. The van der Waals surface area contributed by atoms with E-state index in [4.69, 9.17) is 39.5 Å². The van der Waals surface area contributed by atoms with Crippen molar-refractivity contribution in [2.75, 3.05) is 25.3 Å². The molecule has 1 N–H and O–H groups in total. The van der Waals surface area contributed by atoms with E-state index >= 15 is 0 Å². The minimum absolute atomic E-state index is 0.229. The van der Waals surface area contributed by atoms with Crippen molar-refractivity contribution in [3.05, 3.63) is 63.1 Å². The summed E-state index contributed by atoms with van der Waals surface area (Å²) in [4.78, 5) is 12.1. The van der Waals surface area contributed by atoms with Crippen LogP contribution in [0.3, 0.4) is 0 Å². The van der Waals surface area contributed by atoms with Gasteiger partial charge in [0.1, 0.15) is 5.78 Å². The zero-order valence-electron chi connectivity index (χ0n) is 17.6. The smallest absolute Gasteiger partial charge is 0.156 e. The molecular formula is C23H28Cl3NO2S. The summed E-state index contributed by atoms with van der Waals surface area (Å²) in [5.74, 6) is 1.25. The van der Waals surface area contributed by atoms with Gasteiger partial charge in [-0.3, -0.25) is 9.52 Å². The highest BCUT2D eigenvalue weighted by Crippen LogP contribution is 2.40. The average Bonchev–Trinajstić information content (AvgIpc) is 2.70. The van der Waals surface area contributed by atoms with Crippen LogP contribution < -0.4 is 9.46 Å². The fourth-order valence-electron chi connectivity index (χ4n) is 3.10. The number of alkyl halides is 1. The van der Waals surface area contributed by atoms with Crippen LogP contribution in [0.4, 0.5) is 0 Å². The molecular weight excluding hydrogens is 461 g/mol. The van der Waals surface area contributed by atoms with Crippen LogP contribution in [-0.4, -0.2) is 31.1 Å². The number of carbonyl (C=O) groups is 1. The van der Waals surface area contributed by atoms with Crippen molar-refractivity contribution in [1.29, 1.82) is 0 Å². The number of hydrogen-bond donors (Lipinski definition) is 1. The van der Waals surface area contributed by atoms with Gasteiger partial charge < -0.3 is 4.74 Å². The molecule has 30 heavy (non-hydrogen) atoms. The number of benzene rings is 2. The first kappa shape index (κ1) is 25.4. The minimum atomic E-state index is -0.313. The Morgan fingerprint density at radius 3 is 2.30 bits per heavy atom. The molecule has 0 bridgehead atoms. The van der Waals surface area contributed by atoms with Gasteiger partial charge in [0, 0.05) is 30.7 Å². The SMILES string of the molecule is CSNCCC(=O)Cc1ccc(C(C)(C)c2cc(Cl)c(OCCCCl)c(Cl)c2)cc1. The lowest BCUT2D eigenvalue weighted by Crippen LogP contribution is -2.19. The lowest BCUT2D eigenvalue weighted by molar-refractivity contribution is -0.118. The molecule has 0 heterocycles. The Hall–Kier alpha value is -0.910. The molecule has 0 spiro atoms. The molecule has 2 aromatic carbocycles. The van der Waals surface area contributed by atoms with Crippen molar-refractivity contribution in [1.82, 2.24) is 4.72 Å². The molecule has 0 aliphatic carbocycles. The third-order valence-electron chi connectivity index (χ3n) is 4.97. The molecule has 0 unspecified atom stereocenters. The Morgan fingerprint density at radius 1 is 1.10 bits per heavy atom. The number of ether oxygens (including phenoxy) is 1. The fraction of sp³-hybridized carbons (Fsp3) is 0.435. The number of hydrogen-bond acceptors (Lipinski definition) is 4. The second-order valence-electron chi connectivity index (χ2n) is 7.55. The third kappa shape index (κ3) is 7.06.